The number of aromatic amines is 1. The van der Waals surface area contributed by atoms with Crippen molar-refractivity contribution in [1.29, 1.82) is 0 Å². The lowest BCUT2D eigenvalue weighted by Gasteiger charge is -2.08. The molecule has 0 radical (unpaired) electrons. The van der Waals surface area contributed by atoms with E-state index in [0.717, 1.165) is 25.7 Å². The van der Waals surface area contributed by atoms with E-state index in [2.05, 4.69) is 29.3 Å². The first-order valence-corrected chi connectivity index (χ1v) is 4.96. The Labute approximate surface area is 78.2 Å². The standard InChI is InChI=1S/C12H13N/c1-3-7-11-9(5-1)10-6-2-4-8-12(10)13-11/h1-4,13H,5-8H2. The van der Waals surface area contributed by atoms with Crippen molar-refractivity contribution < 1.29 is 0 Å². The molecule has 1 aromatic heterocycles. The second-order valence-corrected chi connectivity index (χ2v) is 3.80. The maximum absolute atomic E-state index is 3.55. The van der Waals surface area contributed by atoms with Crippen molar-refractivity contribution in [2.75, 3.05) is 0 Å². The smallest absolute Gasteiger partial charge is 0.0226 e. The second-order valence-electron chi connectivity index (χ2n) is 3.80. The van der Waals surface area contributed by atoms with Crippen molar-refractivity contribution in [1.82, 2.24) is 4.98 Å². The molecular weight excluding hydrogens is 158 g/mol. The van der Waals surface area contributed by atoms with Crippen LogP contribution in [0.5, 0.6) is 0 Å². The van der Waals surface area contributed by atoms with Crippen LogP contribution in [0.3, 0.4) is 0 Å². The summed E-state index contributed by atoms with van der Waals surface area (Å²) in [6, 6.07) is 0. The minimum absolute atomic E-state index is 1.10. The Morgan fingerprint density at radius 2 is 1.15 bits per heavy atom. The summed E-state index contributed by atoms with van der Waals surface area (Å²) in [6.45, 7) is 0. The third-order valence-corrected chi connectivity index (χ3v) is 3.02. The summed E-state index contributed by atoms with van der Waals surface area (Å²) in [5, 5.41) is 0. The Bertz CT molecular complexity index is 357. The van der Waals surface area contributed by atoms with Crippen LogP contribution in [-0.2, 0) is 25.7 Å². The van der Waals surface area contributed by atoms with E-state index in [1.165, 1.54) is 11.4 Å². The van der Waals surface area contributed by atoms with Gasteiger partial charge in [0.2, 0.25) is 0 Å². The first-order valence-electron chi connectivity index (χ1n) is 4.96. The monoisotopic (exact) mass is 171 g/mol. The van der Waals surface area contributed by atoms with Gasteiger partial charge in [-0.3, -0.25) is 0 Å². The van der Waals surface area contributed by atoms with Crippen LogP contribution in [0.2, 0.25) is 0 Å². The van der Waals surface area contributed by atoms with Crippen LogP contribution >= 0.6 is 0 Å². The van der Waals surface area contributed by atoms with Gasteiger partial charge in [0.15, 0.2) is 0 Å². The number of rotatable bonds is 0. The maximum atomic E-state index is 3.55. The molecule has 1 aromatic rings. The highest BCUT2D eigenvalue weighted by atomic mass is 14.7. The van der Waals surface area contributed by atoms with Crippen molar-refractivity contribution in [2.24, 2.45) is 0 Å². The zero-order chi connectivity index (χ0) is 8.67. The zero-order valence-electron chi connectivity index (χ0n) is 7.64. The molecule has 0 aliphatic heterocycles. The van der Waals surface area contributed by atoms with E-state index in [9.17, 15) is 0 Å². The van der Waals surface area contributed by atoms with Crippen molar-refractivity contribution in [3.63, 3.8) is 0 Å². The minimum atomic E-state index is 1.10. The van der Waals surface area contributed by atoms with Crippen LogP contribution in [0.4, 0.5) is 0 Å². The third-order valence-electron chi connectivity index (χ3n) is 3.02. The van der Waals surface area contributed by atoms with E-state index in [1.807, 2.05) is 0 Å². The minimum Gasteiger partial charge on any atom is -0.361 e. The highest BCUT2D eigenvalue weighted by Crippen LogP contribution is 2.27. The Morgan fingerprint density at radius 1 is 0.692 bits per heavy atom. The van der Waals surface area contributed by atoms with Gasteiger partial charge >= 0.3 is 0 Å². The van der Waals surface area contributed by atoms with Gasteiger partial charge in [0.25, 0.3) is 0 Å². The van der Waals surface area contributed by atoms with Gasteiger partial charge in [-0.05, 0) is 24.0 Å². The average Bonchev–Trinajstić information content (AvgIpc) is 2.56. The molecule has 0 atom stereocenters. The summed E-state index contributed by atoms with van der Waals surface area (Å²) in [5.74, 6) is 0. The highest BCUT2D eigenvalue weighted by molar-refractivity contribution is 5.44. The van der Waals surface area contributed by atoms with Gasteiger partial charge in [0, 0.05) is 24.2 Å². The number of H-pyrrole nitrogens is 1. The van der Waals surface area contributed by atoms with Gasteiger partial charge in [-0.1, -0.05) is 24.3 Å². The van der Waals surface area contributed by atoms with Gasteiger partial charge in [0.05, 0.1) is 0 Å². The van der Waals surface area contributed by atoms with Gasteiger partial charge < -0.3 is 4.98 Å². The summed E-state index contributed by atoms with van der Waals surface area (Å²) in [4.78, 5) is 3.55. The molecule has 0 amide bonds. The molecule has 1 N–H and O–H groups in total. The van der Waals surface area contributed by atoms with Crippen molar-refractivity contribution in [3.05, 3.63) is 46.8 Å². The fourth-order valence-electron chi connectivity index (χ4n) is 2.34. The molecule has 3 rings (SSSR count). The lowest BCUT2D eigenvalue weighted by Crippen LogP contribution is -1.98. The molecule has 0 saturated heterocycles. The summed E-state index contributed by atoms with van der Waals surface area (Å²) < 4.78 is 0. The summed E-state index contributed by atoms with van der Waals surface area (Å²) >= 11 is 0. The lowest BCUT2D eigenvalue weighted by atomic mass is 9.95. The zero-order valence-corrected chi connectivity index (χ0v) is 7.64. The molecule has 1 nitrogen and oxygen atoms in total. The number of fused-ring (bicyclic) bond motifs is 3. The molecule has 2 aliphatic carbocycles. The number of allylic oxidation sites excluding steroid dienone is 4. The largest absolute Gasteiger partial charge is 0.361 e. The molecular formula is C12H13N. The van der Waals surface area contributed by atoms with E-state index < -0.39 is 0 Å². The van der Waals surface area contributed by atoms with Crippen molar-refractivity contribution in [3.8, 4) is 0 Å². The van der Waals surface area contributed by atoms with Crippen molar-refractivity contribution in [2.45, 2.75) is 25.7 Å². The molecule has 1 heteroatoms. The van der Waals surface area contributed by atoms with Crippen LogP contribution in [0.15, 0.2) is 24.3 Å². The molecule has 0 aromatic carbocycles. The number of hydrogen-bond acceptors (Lipinski definition) is 0. The van der Waals surface area contributed by atoms with E-state index in [-0.39, 0.29) is 0 Å². The SMILES string of the molecule is C1=CCc2c([nH]c3c2CC=CC3)C1. The summed E-state index contributed by atoms with van der Waals surface area (Å²) in [6.07, 6.45) is 13.6. The number of hydrogen-bond donors (Lipinski definition) is 1. The van der Waals surface area contributed by atoms with E-state index in [4.69, 9.17) is 0 Å². The van der Waals surface area contributed by atoms with Crippen molar-refractivity contribution >= 4 is 0 Å². The third kappa shape index (κ3) is 0.998. The molecule has 0 bridgehead atoms. The fraction of sp³-hybridized carbons (Fsp3) is 0.333. The predicted octanol–water partition coefficient (Wildman–Crippen LogP) is 2.32. The molecule has 0 fully saturated rings. The van der Waals surface area contributed by atoms with Crippen LogP contribution in [0.25, 0.3) is 0 Å². The Morgan fingerprint density at radius 3 is 1.69 bits per heavy atom. The first kappa shape index (κ1) is 7.19. The fourth-order valence-corrected chi connectivity index (χ4v) is 2.34. The first-order chi connectivity index (χ1) is 6.45. The van der Waals surface area contributed by atoms with E-state index >= 15 is 0 Å². The Hall–Kier alpha value is -1.24. The van der Waals surface area contributed by atoms with E-state index in [1.54, 1.807) is 11.1 Å². The molecule has 2 aliphatic rings. The van der Waals surface area contributed by atoms with Gasteiger partial charge in [-0.25, -0.2) is 0 Å². The number of aromatic nitrogens is 1. The van der Waals surface area contributed by atoms with Gasteiger partial charge in [0.1, 0.15) is 0 Å². The number of nitrogens with one attached hydrogen (secondary N) is 1. The van der Waals surface area contributed by atoms with E-state index in [0.29, 0.717) is 0 Å². The lowest BCUT2D eigenvalue weighted by molar-refractivity contribution is 1.02. The topological polar surface area (TPSA) is 15.8 Å². The summed E-state index contributed by atoms with van der Waals surface area (Å²) in [7, 11) is 0. The molecule has 1 heterocycles. The van der Waals surface area contributed by atoms with Crippen LogP contribution in [0, 0.1) is 0 Å². The molecule has 13 heavy (non-hydrogen) atoms. The Kier molecular flexibility index (Phi) is 1.45. The normalized spacial score (nSPS) is 18.5. The molecule has 0 unspecified atom stereocenters. The molecule has 0 saturated carbocycles. The molecule has 0 spiro atoms. The van der Waals surface area contributed by atoms with Gasteiger partial charge in [-0.2, -0.15) is 0 Å². The van der Waals surface area contributed by atoms with Gasteiger partial charge in [-0.15, -0.1) is 0 Å². The quantitative estimate of drug-likeness (QED) is 0.577. The summed E-state index contributed by atoms with van der Waals surface area (Å²) in [5.41, 5.74) is 6.05. The maximum Gasteiger partial charge on any atom is 0.0226 e. The average molecular weight is 171 g/mol. The highest BCUT2D eigenvalue weighted by Gasteiger charge is 2.17. The Balaban J connectivity index is 2.14. The predicted molar refractivity (Wildman–Crippen MR) is 53.9 cm³/mol. The second kappa shape index (κ2) is 2.63. The van der Waals surface area contributed by atoms with Crippen LogP contribution < -0.4 is 0 Å². The van der Waals surface area contributed by atoms with Crippen LogP contribution in [0.1, 0.15) is 22.5 Å². The molecule has 66 valence electrons. The van der Waals surface area contributed by atoms with Crippen LogP contribution in [-0.4, -0.2) is 4.98 Å².